The van der Waals surface area contributed by atoms with Crippen LogP contribution in [0.25, 0.3) is 0 Å². The lowest BCUT2D eigenvalue weighted by Crippen LogP contribution is -2.21. The highest BCUT2D eigenvalue weighted by atomic mass is 16.5. The van der Waals surface area contributed by atoms with E-state index in [4.69, 9.17) is 9.84 Å². The van der Waals surface area contributed by atoms with Crippen molar-refractivity contribution in [3.63, 3.8) is 0 Å². The first-order valence-corrected chi connectivity index (χ1v) is 5.05. The number of hydrogen-bond donors (Lipinski definition) is 2. The Morgan fingerprint density at radius 3 is 2.88 bits per heavy atom. The summed E-state index contributed by atoms with van der Waals surface area (Å²) in [6.45, 7) is 4.91. The summed E-state index contributed by atoms with van der Waals surface area (Å²) in [4.78, 5) is 18.5. The Bertz CT molecular complexity index is 357. The minimum absolute atomic E-state index is 0.00588. The molecule has 0 aliphatic heterocycles. The molecule has 1 atom stereocenters. The molecule has 0 saturated carbocycles. The molecular weight excluding hydrogens is 210 g/mol. The summed E-state index contributed by atoms with van der Waals surface area (Å²) in [5, 5.41) is 11.8. The highest BCUT2D eigenvalue weighted by molar-refractivity contribution is 5.90. The van der Waals surface area contributed by atoms with Gasteiger partial charge in [0, 0.05) is 25.5 Å². The summed E-state index contributed by atoms with van der Waals surface area (Å²) in [5.74, 6) is -0.832. The molecule has 0 fully saturated rings. The van der Waals surface area contributed by atoms with Crippen LogP contribution in [-0.4, -0.2) is 40.3 Å². The third-order valence-corrected chi connectivity index (χ3v) is 1.91. The number of anilines is 1. The Balaban J connectivity index is 2.63. The molecule has 0 aromatic carbocycles. The summed E-state index contributed by atoms with van der Waals surface area (Å²) < 4.78 is 5.31. The molecule has 88 valence electrons. The van der Waals surface area contributed by atoms with E-state index in [2.05, 4.69) is 15.3 Å². The Hall–Kier alpha value is -1.69. The molecule has 1 aromatic heterocycles. The Morgan fingerprint density at radius 2 is 2.25 bits per heavy atom. The summed E-state index contributed by atoms with van der Waals surface area (Å²) in [5.41, 5.74) is -0.0776. The molecule has 0 radical (unpaired) electrons. The van der Waals surface area contributed by atoms with E-state index in [-0.39, 0.29) is 17.6 Å². The van der Waals surface area contributed by atoms with Crippen molar-refractivity contribution in [2.45, 2.75) is 20.0 Å². The normalized spacial score (nSPS) is 12.1. The minimum atomic E-state index is -1.10. The monoisotopic (exact) mass is 225 g/mol. The van der Waals surface area contributed by atoms with Crippen LogP contribution in [0.4, 0.5) is 5.82 Å². The minimum Gasteiger partial charge on any atom is -0.476 e. The molecule has 6 nitrogen and oxygen atoms in total. The second kappa shape index (κ2) is 6.02. The molecular formula is C10H15N3O3. The van der Waals surface area contributed by atoms with Crippen LogP contribution in [0.5, 0.6) is 0 Å². The van der Waals surface area contributed by atoms with Gasteiger partial charge >= 0.3 is 5.97 Å². The lowest BCUT2D eigenvalue weighted by molar-refractivity contribution is 0.0689. The molecule has 1 unspecified atom stereocenters. The molecule has 1 rings (SSSR count). The molecule has 1 heterocycles. The fourth-order valence-electron chi connectivity index (χ4n) is 1.21. The first kappa shape index (κ1) is 12.4. The van der Waals surface area contributed by atoms with Crippen LogP contribution in [0.15, 0.2) is 12.4 Å². The first-order chi connectivity index (χ1) is 7.65. The van der Waals surface area contributed by atoms with Gasteiger partial charge in [-0.15, -0.1) is 0 Å². The van der Waals surface area contributed by atoms with Crippen molar-refractivity contribution in [3.05, 3.63) is 18.1 Å². The molecule has 0 aliphatic rings. The van der Waals surface area contributed by atoms with E-state index in [1.54, 1.807) is 0 Å². The van der Waals surface area contributed by atoms with E-state index < -0.39 is 5.97 Å². The summed E-state index contributed by atoms with van der Waals surface area (Å²) in [6.07, 6.45) is 2.79. The van der Waals surface area contributed by atoms with E-state index in [0.29, 0.717) is 13.2 Å². The Kier molecular flexibility index (Phi) is 4.65. The van der Waals surface area contributed by atoms with Gasteiger partial charge in [-0.1, -0.05) is 0 Å². The molecule has 0 spiro atoms. The van der Waals surface area contributed by atoms with Gasteiger partial charge in [-0.2, -0.15) is 0 Å². The average Bonchev–Trinajstić information content (AvgIpc) is 2.27. The number of aromatic carboxylic acids is 1. The number of rotatable bonds is 6. The third kappa shape index (κ3) is 3.47. The Morgan fingerprint density at radius 1 is 1.56 bits per heavy atom. The van der Waals surface area contributed by atoms with Gasteiger partial charge in [-0.05, 0) is 13.8 Å². The zero-order valence-corrected chi connectivity index (χ0v) is 9.30. The van der Waals surface area contributed by atoms with Gasteiger partial charge in [0.1, 0.15) is 0 Å². The van der Waals surface area contributed by atoms with Gasteiger partial charge in [0.15, 0.2) is 11.5 Å². The quantitative estimate of drug-likeness (QED) is 0.751. The standard InChI is InChI=1S/C10H15N3O3/c1-3-16-7(2)6-13-9-8(10(14)15)11-4-5-12-9/h4-5,7H,3,6H2,1-2H3,(H,12,13)(H,14,15). The van der Waals surface area contributed by atoms with E-state index in [9.17, 15) is 4.79 Å². The molecule has 16 heavy (non-hydrogen) atoms. The highest BCUT2D eigenvalue weighted by Gasteiger charge is 2.12. The highest BCUT2D eigenvalue weighted by Crippen LogP contribution is 2.08. The SMILES string of the molecule is CCOC(C)CNc1nccnc1C(=O)O. The Labute approximate surface area is 93.7 Å². The maximum Gasteiger partial charge on any atom is 0.358 e. The molecule has 0 aliphatic carbocycles. The van der Waals surface area contributed by atoms with Crippen molar-refractivity contribution in [2.24, 2.45) is 0 Å². The third-order valence-electron chi connectivity index (χ3n) is 1.91. The average molecular weight is 225 g/mol. The second-order valence-electron chi connectivity index (χ2n) is 3.21. The van der Waals surface area contributed by atoms with Gasteiger partial charge in [0.05, 0.1) is 6.10 Å². The van der Waals surface area contributed by atoms with Crippen molar-refractivity contribution >= 4 is 11.8 Å². The van der Waals surface area contributed by atoms with Gasteiger partial charge in [-0.25, -0.2) is 14.8 Å². The molecule has 0 bridgehead atoms. The fourth-order valence-corrected chi connectivity index (χ4v) is 1.21. The number of carboxylic acid groups (broad SMARTS) is 1. The predicted octanol–water partition coefficient (Wildman–Crippen LogP) is 1.01. The number of nitrogens with zero attached hydrogens (tertiary/aromatic N) is 2. The van der Waals surface area contributed by atoms with Crippen molar-refractivity contribution < 1.29 is 14.6 Å². The van der Waals surface area contributed by atoms with Crippen molar-refractivity contribution in [3.8, 4) is 0 Å². The molecule has 1 aromatic rings. The number of nitrogens with one attached hydrogen (secondary N) is 1. The van der Waals surface area contributed by atoms with Crippen LogP contribution in [0.3, 0.4) is 0 Å². The van der Waals surface area contributed by atoms with E-state index >= 15 is 0 Å². The fraction of sp³-hybridized carbons (Fsp3) is 0.500. The predicted molar refractivity (Wildman–Crippen MR) is 58.6 cm³/mol. The summed E-state index contributed by atoms with van der Waals surface area (Å²) >= 11 is 0. The molecule has 0 amide bonds. The van der Waals surface area contributed by atoms with E-state index in [0.717, 1.165) is 0 Å². The zero-order chi connectivity index (χ0) is 12.0. The van der Waals surface area contributed by atoms with Crippen molar-refractivity contribution in [1.29, 1.82) is 0 Å². The van der Waals surface area contributed by atoms with Crippen LogP contribution in [0.2, 0.25) is 0 Å². The zero-order valence-electron chi connectivity index (χ0n) is 9.30. The molecule has 2 N–H and O–H groups in total. The van der Waals surface area contributed by atoms with Crippen LogP contribution in [-0.2, 0) is 4.74 Å². The number of hydrogen-bond acceptors (Lipinski definition) is 5. The number of ether oxygens (including phenoxy) is 1. The number of carboxylic acids is 1. The number of carbonyl (C=O) groups is 1. The van der Waals surface area contributed by atoms with Crippen LogP contribution >= 0.6 is 0 Å². The van der Waals surface area contributed by atoms with Crippen LogP contribution in [0, 0.1) is 0 Å². The number of aromatic nitrogens is 2. The van der Waals surface area contributed by atoms with Crippen molar-refractivity contribution in [2.75, 3.05) is 18.5 Å². The van der Waals surface area contributed by atoms with Gasteiger partial charge in [0.25, 0.3) is 0 Å². The van der Waals surface area contributed by atoms with E-state index in [1.165, 1.54) is 12.4 Å². The van der Waals surface area contributed by atoms with Crippen LogP contribution < -0.4 is 5.32 Å². The largest absolute Gasteiger partial charge is 0.476 e. The van der Waals surface area contributed by atoms with Gasteiger partial charge < -0.3 is 15.2 Å². The van der Waals surface area contributed by atoms with Gasteiger partial charge in [0.2, 0.25) is 0 Å². The topological polar surface area (TPSA) is 84.3 Å². The smallest absolute Gasteiger partial charge is 0.358 e. The van der Waals surface area contributed by atoms with E-state index in [1.807, 2.05) is 13.8 Å². The maximum atomic E-state index is 10.8. The van der Waals surface area contributed by atoms with Crippen LogP contribution in [0.1, 0.15) is 24.3 Å². The van der Waals surface area contributed by atoms with Gasteiger partial charge in [-0.3, -0.25) is 0 Å². The summed E-state index contributed by atoms with van der Waals surface area (Å²) in [6, 6.07) is 0. The summed E-state index contributed by atoms with van der Waals surface area (Å²) in [7, 11) is 0. The molecule has 6 heteroatoms. The first-order valence-electron chi connectivity index (χ1n) is 5.05. The molecule has 0 saturated heterocycles. The lowest BCUT2D eigenvalue weighted by atomic mass is 10.3. The maximum absolute atomic E-state index is 10.8. The lowest BCUT2D eigenvalue weighted by Gasteiger charge is -2.13. The van der Waals surface area contributed by atoms with Crippen molar-refractivity contribution in [1.82, 2.24) is 9.97 Å². The second-order valence-corrected chi connectivity index (χ2v) is 3.21.